The lowest BCUT2D eigenvalue weighted by atomic mass is 10.0. The van der Waals surface area contributed by atoms with Gasteiger partial charge in [-0.1, -0.05) is 97.1 Å². The molecule has 3 aromatic heterocycles. The highest BCUT2D eigenvalue weighted by Gasteiger charge is 2.26. The smallest absolute Gasteiger partial charge is 0.137 e. The maximum Gasteiger partial charge on any atom is 0.137 e. The minimum Gasteiger partial charge on any atom is -0.456 e. The fourth-order valence-electron chi connectivity index (χ4n) is 6.96. The number of rotatable bonds is 5. The number of hydrogen-bond donors (Lipinski definition) is 1. The molecule has 3 heterocycles. The van der Waals surface area contributed by atoms with Crippen molar-refractivity contribution in [3.05, 3.63) is 152 Å². The summed E-state index contributed by atoms with van der Waals surface area (Å²) in [6, 6.07) is 52.3. The van der Waals surface area contributed by atoms with Gasteiger partial charge in [-0.15, -0.1) is 24.0 Å². The Labute approximate surface area is 290 Å². The minimum absolute atomic E-state index is 0.822. The molecule has 0 saturated heterocycles. The SMILES string of the molecule is Sc1cc2nc(-c3ccccc3)sc2c(N(c2ccc3c(c2)oc2ccccc23)c2ccc3c(c2)oc2ccccc23)c1-c1ccccc1. The Morgan fingerprint density at radius 3 is 1.61 bits per heavy atom. The van der Waals surface area contributed by atoms with Crippen LogP contribution in [-0.4, -0.2) is 4.98 Å². The Hall–Kier alpha value is -5.82. The van der Waals surface area contributed by atoms with E-state index < -0.39 is 0 Å². The van der Waals surface area contributed by atoms with Gasteiger partial charge in [0.05, 0.1) is 15.9 Å². The zero-order chi connectivity index (χ0) is 32.5. The summed E-state index contributed by atoms with van der Waals surface area (Å²) in [6.45, 7) is 0. The molecule has 10 aromatic rings. The number of nitrogens with zero attached hydrogens (tertiary/aromatic N) is 2. The van der Waals surface area contributed by atoms with E-state index in [0.29, 0.717) is 0 Å². The Bertz CT molecular complexity index is 2740. The molecule has 49 heavy (non-hydrogen) atoms. The molecule has 0 spiro atoms. The van der Waals surface area contributed by atoms with Crippen LogP contribution in [0.4, 0.5) is 17.1 Å². The molecule has 0 radical (unpaired) electrons. The average Bonchev–Trinajstić information content (AvgIpc) is 3.85. The molecule has 0 amide bonds. The Kier molecular flexibility index (Phi) is 6.41. The molecular formula is C43H26N2O2S2. The van der Waals surface area contributed by atoms with Crippen LogP contribution < -0.4 is 4.90 Å². The van der Waals surface area contributed by atoms with Gasteiger partial charge in [-0.05, 0) is 48.0 Å². The Morgan fingerprint density at radius 2 is 1.02 bits per heavy atom. The number of para-hydroxylation sites is 2. The first-order chi connectivity index (χ1) is 24.2. The summed E-state index contributed by atoms with van der Waals surface area (Å²) in [4.78, 5) is 8.33. The van der Waals surface area contributed by atoms with E-state index >= 15 is 0 Å². The van der Waals surface area contributed by atoms with Gasteiger partial charge < -0.3 is 13.7 Å². The summed E-state index contributed by atoms with van der Waals surface area (Å²) in [5.41, 5.74) is 10.3. The van der Waals surface area contributed by atoms with Gasteiger partial charge in [0, 0.05) is 61.1 Å². The van der Waals surface area contributed by atoms with Crippen molar-refractivity contribution in [3.63, 3.8) is 0 Å². The monoisotopic (exact) mass is 666 g/mol. The second-order valence-electron chi connectivity index (χ2n) is 12.1. The normalized spacial score (nSPS) is 11.8. The van der Waals surface area contributed by atoms with Gasteiger partial charge >= 0.3 is 0 Å². The predicted molar refractivity (Wildman–Crippen MR) is 207 cm³/mol. The highest BCUT2D eigenvalue weighted by Crippen LogP contribution is 2.51. The highest BCUT2D eigenvalue weighted by molar-refractivity contribution is 7.80. The van der Waals surface area contributed by atoms with Crippen LogP contribution in [0, 0.1) is 0 Å². The topological polar surface area (TPSA) is 42.4 Å². The van der Waals surface area contributed by atoms with Crippen molar-refractivity contribution < 1.29 is 8.83 Å². The van der Waals surface area contributed by atoms with Crippen LogP contribution in [0.1, 0.15) is 0 Å². The molecule has 7 aromatic carbocycles. The van der Waals surface area contributed by atoms with Crippen LogP contribution in [0.2, 0.25) is 0 Å². The van der Waals surface area contributed by atoms with Gasteiger partial charge in [-0.25, -0.2) is 4.98 Å². The van der Waals surface area contributed by atoms with E-state index in [0.717, 1.165) is 97.7 Å². The zero-order valence-corrected chi connectivity index (χ0v) is 27.7. The van der Waals surface area contributed by atoms with Crippen LogP contribution in [-0.2, 0) is 0 Å². The maximum absolute atomic E-state index is 6.44. The number of anilines is 3. The number of aromatic nitrogens is 1. The van der Waals surface area contributed by atoms with Gasteiger partial charge in [-0.2, -0.15) is 0 Å². The van der Waals surface area contributed by atoms with Crippen LogP contribution in [0.5, 0.6) is 0 Å². The van der Waals surface area contributed by atoms with Gasteiger partial charge in [0.1, 0.15) is 27.3 Å². The third-order valence-electron chi connectivity index (χ3n) is 9.18. The van der Waals surface area contributed by atoms with Crippen molar-refractivity contribution in [3.8, 4) is 21.7 Å². The first-order valence-electron chi connectivity index (χ1n) is 16.1. The molecule has 0 fully saturated rings. The molecule has 4 nitrogen and oxygen atoms in total. The third kappa shape index (κ3) is 4.56. The average molecular weight is 667 g/mol. The van der Waals surface area contributed by atoms with Gasteiger partial charge in [0.15, 0.2) is 0 Å². The summed E-state index contributed by atoms with van der Waals surface area (Å²) >= 11 is 6.85. The molecule has 0 aliphatic heterocycles. The van der Waals surface area contributed by atoms with E-state index in [2.05, 4.69) is 120 Å². The quantitative estimate of drug-likeness (QED) is 0.186. The van der Waals surface area contributed by atoms with Crippen molar-refractivity contribution in [2.24, 2.45) is 0 Å². The van der Waals surface area contributed by atoms with E-state index in [9.17, 15) is 0 Å². The van der Waals surface area contributed by atoms with Gasteiger partial charge in [0.2, 0.25) is 0 Å². The van der Waals surface area contributed by atoms with E-state index in [1.807, 2.05) is 36.4 Å². The largest absolute Gasteiger partial charge is 0.456 e. The lowest BCUT2D eigenvalue weighted by Crippen LogP contribution is -2.12. The van der Waals surface area contributed by atoms with Crippen LogP contribution in [0.3, 0.4) is 0 Å². The van der Waals surface area contributed by atoms with E-state index in [1.165, 1.54) is 0 Å². The second-order valence-corrected chi connectivity index (χ2v) is 13.6. The molecular weight excluding hydrogens is 641 g/mol. The minimum atomic E-state index is 0.822. The molecule has 6 heteroatoms. The van der Waals surface area contributed by atoms with Crippen molar-refractivity contribution in [1.29, 1.82) is 0 Å². The van der Waals surface area contributed by atoms with Crippen LogP contribution in [0.25, 0.3) is 75.8 Å². The number of thiazole rings is 1. The van der Waals surface area contributed by atoms with E-state index in [4.69, 9.17) is 26.4 Å². The van der Waals surface area contributed by atoms with Crippen molar-refractivity contribution in [2.45, 2.75) is 4.90 Å². The third-order valence-corrected chi connectivity index (χ3v) is 10.7. The van der Waals surface area contributed by atoms with E-state index in [-0.39, 0.29) is 0 Å². The number of thiol groups is 1. The summed E-state index contributed by atoms with van der Waals surface area (Å²) in [5, 5.41) is 5.30. The second kappa shape index (κ2) is 11.1. The van der Waals surface area contributed by atoms with Crippen LogP contribution in [0.15, 0.2) is 165 Å². The lowest BCUT2D eigenvalue weighted by molar-refractivity contribution is 0.669. The number of benzene rings is 7. The Morgan fingerprint density at radius 1 is 0.510 bits per heavy atom. The summed E-state index contributed by atoms with van der Waals surface area (Å²) in [5.74, 6) is 0. The van der Waals surface area contributed by atoms with Crippen LogP contribution >= 0.6 is 24.0 Å². The molecule has 0 bridgehead atoms. The van der Waals surface area contributed by atoms with Crippen molar-refractivity contribution in [2.75, 3.05) is 4.90 Å². The number of hydrogen-bond acceptors (Lipinski definition) is 6. The fraction of sp³-hybridized carbons (Fsp3) is 0. The molecule has 0 aliphatic carbocycles. The molecule has 0 N–H and O–H groups in total. The standard InChI is InChI=1S/C43H26N2O2S2/c48-39-25-34-42(49-43(44-34)27-13-5-2-6-14-27)41(40(39)26-11-3-1-4-12-26)45(28-19-21-32-30-15-7-9-17-35(30)46-37(32)23-28)29-20-22-33-31-16-8-10-18-36(31)47-38(33)24-29/h1-25,48H. The summed E-state index contributed by atoms with van der Waals surface area (Å²) < 4.78 is 13.9. The first-order valence-corrected chi connectivity index (χ1v) is 17.4. The molecule has 10 rings (SSSR count). The molecule has 0 unspecified atom stereocenters. The lowest BCUT2D eigenvalue weighted by Gasteiger charge is -2.29. The first kappa shape index (κ1) is 28.2. The van der Waals surface area contributed by atoms with Crippen molar-refractivity contribution >= 4 is 95.1 Å². The van der Waals surface area contributed by atoms with E-state index in [1.54, 1.807) is 11.3 Å². The summed E-state index contributed by atoms with van der Waals surface area (Å²) in [7, 11) is 0. The summed E-state index contributed by atoms with van der Waals surface area (Å²) in [6.07, 6.45) is 0. The molecule has 0 saturated carbocycles. The molecule has 232 valence electrons. The van der Waals surface area contributed by atoms with Gasteiger partial charge in [-0.3, -0.25) is 0 Å². The molecule has 0 aliphatic rings. The highest BCUT2D eigenvalue weighted by atomic mass is 32.1. The van der Waals surface area contributed by atoms with Crippen molar-refractivity contribution in [1.82, 2.24) is 4.98 Å². The van der Waals surface area contributed by atoms with Gasteiger partial charge in [0.25, 0.3) is 0 Å². The Balaban J connectivity index is 1.31. The molecule has 0 atom stereocenters. The maximum atomic E-state index is 6.44. The fourth-order valence-corrected chi connectivity index (χ4v) is 8.41. The predicted octanol–water partition coefficient (Wildman–Crippen LogP) is 13.2. The zero-order valence-electron chi connectivity index (χ0n) is 26.0. The number of furan rings is 2. The number of fused-ring (bicyclic) bond motifs is 7.